The lowest BCUT2D eigenvalue weighted by Gasteiger charge is -1.76. The number of hydrogen-bond donors (Lipinski definition) is 1. The Hall–Kier alpha value is -1.32. The largest absolute Gasteiger partial charge is 0.475 e. The van der Waals surface area contributed by atoms with Crippen LogP contribution in [0.2, 0.25) is 0 Å². The maximum atomic E-state index is 9.90. The van der Waals surface area contributed by atoms with E-state index in [1.165, 1.54) is 0 Å². The average Bonchev–Trinajstić information content (AvgIpc) is 2.12. The van der Waals surface area contributed by atoms with Gasteiger partial charge in [-0.25, -0.2) is 9.78 Å². The normalized spacial score (nSPS) is 9.00. The van der Waals surface area contributed by atoms with Crippen molar-refractivity contribution in [2.45, 2.75) is 0 Å². The molecule has 1 radical (unpaired) electrons. The predicted octanol–water partition coefficient (Wildman–Crippen LogP) is 0.173. The first kappa shape index (κ1) is 4.83. The van der Waals surface area contributed by atoms with Gasteiger partial charge in [-0.2, -0.15) is 0 Å². The molecular formula is C4H2NO3. The summed E-state index contributed by atoms with van der Waals surface area (Å²) >= 11 is 0. The monoisotopic (exact) mass is 112 g/mol. The molecule has 0 bridgehead atoms. The average molecular weight is 112 g/mol. The van der Waals surface area contributed by atoms with Crippen LogP contribution in [0, 0.1) is 6.20 Å². The summed E-state index contributed by atoms with van der Waals surface area (Å²) in [6, 6.07) is 0. The minimum Gasteiger partial charge on any atom is -0.475 e. The molecule has 0 atom stereocenters. The van der Waals surface area contributed by atoms with E-state index in [0.717, 1.165) is 6.39 Å². The number of carboxylic acids is 1. The van der Waals surface area contributed by atoms with Crippen LogP contribution in [-0.4, -0.2) is 16.1 Å². The zero-order chi connectivity index (χ0) is 5.98. The standard InChI is InChI=1S/C4H2NO3/c6-4(7)3-1-5-2-8-3/h2H,(H,6,7). The molecule has 8 heavy (non-hydrogen) atoms. The maximum Gasteiger partial charge on any atom is 0.374 e. The zero-order valence-electron chi connectivity index (χ0n) is 3.79. The SMILES string of the molecule is O=C(O)c1[c]nco1. The molecule has 1 N–H and O–H groups in total. The van der Waals surface area contributed by atoms with Crippen LogP contribution in [0.3, 0.4) is 0 Å². The number of nitrogens with zero attached hydrogens (tertiary/aromatic N) is 1. The number of carbonyl (C=O) groups is 1. The van der Waals surface area contributed by atoms with E-state index in [1.807, 2.05) is 0 Å². The van der Waals surface area contributed by atoms with Crippen LogP contribution in [0.25, 0.3) is 0 Å². The van der Waals surface area contributed by atoms with Crippen molar-refractivity contribution in [3.8, 4) is 0 Å². The number of aromatic nitrogens is 1. The van der Waals surface area contributed by atoms with Gasteiger partial charge in [0.15, 0.2) is 6.39 Å². The van der Waals surface area contributed by atoms with E-state index >= 15 is 0 Å². The highest BCUT2D eigenvalue weighted by Crippen LogP contribution is 1.92. The molecular weight excluding hydrogens is 110 g/mol. The Morgan fingerprint density at radius 1 is 2.00 bits per heavy atom. The summed E-state index contributed by atoms with van der Waals surface area (Å²) in [4.78, 5) is 13.2. The van der Waals surface area contributed by atoms with Gasteiger partial charge in [0.2, 0.25) is 5.76 Å². The number of carboxylic acid groups (broad SMARTS) is 1. The second-order valence-corrected chi connectivity index (χ2v) is 1.10. The minimum absolute atomic E-state index is 0.259. The van der Waals surface area contributed by atoms with Crippen molar-refractivity contribution in [2.24, 2.45) is 0 Å². The first-order valence-electron chi connectivity index (χ1n) is 1.85. The van der Waals surface area contributed by atoms with Gasteiger partial charge in [-0.05, 0) is 0 Å². The lowest BCUT2D eigenvalue weighted by molar-refractivity contribution is 0.0662. The van der Waals surface area contributed by atoms with Gasteiger partial charge < -0.3 is 9.52 Å². The smallest absolute Gasteiger partial charge is 0.374 e. The number of oxazole rings is 1. The van der Waals surface area contributed by atoms with Crippen molar-refractivity contribution in [3.63, 3.8) is 0 Å². The van der Waals surface area contributed by atoms with Crippen LogP contribution >= 0.6 is 0 Å². The van der Waals surface area contributed by atoms with Crippen molar-refractivity contribution < 1.29 is 14.3 Å². The summed E-state index contributed by atoms with van der Waals surface area (Å²) in [6.45, 7) is 0. The molecule has 0 saturated carbocycles. The van der Waals surface area contributed by atoms with Gasteiger partial charge >= 0.3 is 5.97 Å². The van der Waals surface area contributed by atoms with Crippen molar-refractivity contribution in [3.05, 3.63) is 18.4 Å². The van der Waals surface area contributed by atoms with Gasteiger partial charge in [-0.1, -0.05) is 0 Å². The van der Waals surface area contributed by atoms with Crippen molar-refractivity contribution >= 4 is 5.97 Å². The molecule has 1 aromatic rings. The highest BCUT2D eigenvalue weighted by Gasteiger charge is 2.04. The summed E-state index contributed by atoms with van der Waals surface area (Å²) in [5.74, 6) is -1.41. The van der Waals surface area contributed by atoms with Crippen LogP contribution in [0.15, 0.2) is 10.8 Å². The molecule has 0 aliphatic carbocycles. The highest BCUT2D eigenvalue weighted by atomic mass is 16.4. The molecule has 0 amide bonds. The lowest BCUT2D eigenvalue weighted by atomic mass is 10.5. The van der Waals surface area contributed by atoms with E-state index in [2.05, 4.69) is 15.6 Å². The molecule has 41 valence electrons. The van der Waals surface area contributed by atoms with Crippen molar-refractivity contribution in [1.29, 1.82) is 0 Å². The molecule has 1 heterocycles. The second kappa shape index (κ2) is 1.65. The summed E-state index contributed by atoms with van der Waals surface area (Å²) in [5.41, 5.74) is 0. The first-order chi connectivity index (χ1) is 3.80. The molecule has 0 unspecified atom stereocenters. The Bertz CT molecular complexity index is 179. The summed E-state index contributed by atoms with van der Waals surface area (Å²) in [5, 5.41) is 8.11. The number of rotatable bonds is 1. The van der Waals surface area contributed by atoms with Crippen molar-refractivity contribution in [1.82, 2.24) is 4.98 Å². The fourth-order valence-electron chi connectivity index (χ4n) is 0.289. The number of hydrogen-bond acceptors (Lipinski definition) is 3. The van der Waals surface area contributed by atoms with Crippen LogP contribution in [0.1, 0.15) is 10.6 Å². The van der Waals surface area contributed by atoms with Gasteiger partial charge in [-0.3, -0.25) is 0 Å². The topological polar surface area (TPSA) is 63.3 Å². The van der Waals surface area contributed by atoms with Gasteiger partial charge in [0.1, 0.15) is 6.20 Å². The van der Waals surface area contributed by atoms with Crippen LogP contribution in [0.4, 0.5) is 0 Å². The second-order valence-electron chi connectivity index (χ2n) is 1.10. The third kappa shape index (κ3) is 0.676. The highest BCUT2D eigenvalue weighted by molar-refractivity contribution is 5.83. The van der Waals surface area contributed by atoms with E-state index < -0.39 is 5.97 Å². The molecule has 1 rings (SSSR count). The van der Waals surface area contributed by atoms with Crippen molar-refractivity contribution in [2.75, 3.05) is 0 Å². The van der Waals surface area contributed by atoms with Gasteiger partial charge in [-0.15, -0.1) is 0 Å². The Labute approximate surface area is 44.8 Å². The van der Waals surface area contributed by atoms with E-state index in [1.54, 1.807) is 0 Å². The van der Waals surface area contributed by atoms with Gasteiger partial charge in [0.25, 0.3) is 0 Å². The minimum atomic E-state index is -1.15. The molecule has 1 aromatic heterocycles. The molecule has 0 fully saturated rings. The zero-order valence-corrected chi connectivity index (χ0v) is 3.79. The molecule has 0 aliphatic heterocycles. The van der Waals surface area contributed by atoms with E-state index in [0.29, 0.717) is 0 Å². The summed E-state index contributed by atoms with van der Waals surface area (Å²) in [7, 11) is 0. The van der Waals surface area contributed by atoms with E-state index in [-0.39, 0.29) is 5.76 Å². The summed E-state index contributed by atoms with van der Waals surface area (Å²) in [6.07, 6.45) is 3.14. The Morgan fingerprint density at radius 2 is 2.75 bits per heavy atom. The lowest BCUT2D eigenvalue weighted by Crippen LogP contribution is -1.91. The first-order valence-corrected chi connectivity index (χ1v) is 1.85. The molecule has 4 nitrogen and oxygen atoms in total. The van der Waals surface area contributed by atoms with E-state index in [4.69, 9.17) is 5.11 Å². The van der Waals surface area contributed by atoms with Crippen LogP contribution < -0.4 is 0 Å². The number of aromatic carboxylic acids is 1. The maximum absolute atomic E-state index is 9.90. The quantitative estimate of drug-likeness (QED) is 0.562. The Balaban J connectivity index is 2.93. The fourth-order valence-corrected chi connectivity index (χ4v) is 0.289. The molecule has 0 aromatic carbocycles. The van der Waals surface area contributed by atoms with Gasteiger partial charge in [0.05, 0.1) is 0 Å². The molecule has 0 saturated heterocycles. The van der Waals surface area contributed by atoms with Gasteiger partial charge in [0, 0.05) is 0 Å². The third-order valence-electron chi connectivity index (χ3n) is 0.584. The molecule has 0 spiro atoms. The third-order valence-corrected chi connectivity index (χ3v) is 0.584. The summed E-state index contributed by atoms with van der Waals surface area (Å²) < 4.78 is 4.33. The predicted molar refractivity (Wildman–Crippen MR) is 22.3 cm³/mol. The Kier molecular flexibility index (Phi) is 0.997. The molecule has 4 heteroatoms. The fraction of sp³-hybridized carbons (Fsp3) is 0. The van der Waals surface area contributed by atoms with Crippen LogP contribution in [-0.2, 0) is 0 Å². The van der Waals surface area contributed by atoms with E-state index in [9.17, 15) is 4.79 Å². The Morgan fingerprint density at radius 3 is 3.00 bits per heavy atom. The van der Waals surface area contributed by atoms with Crippen LogP contribution in [0.5, 0.6) is 0 Å². The molecule has 0 aliphatic rings.